The minimum atomic E-state index is -2.77. The molecule has 2 N–H and O–H groups in total. The van der Waals surface area contributed by atoms with Crippen molar-refractivity contribution in [2.45, 2.75) is 32.6 Å². The van der Waals surface area contributed by atoms with Crippen molar-refractivity contribution in [2.24, 2.45) is 5.73 Å². The first-order valence-electron chi connectivity index (χ1n) is 5.13. The van der Waals surface area contributed by atoms with Crippen LogP contribution in [0.5, 0.6) is 0 Å². The van der Waals surface area contributed by atoms with Gasteiger partial charge in [0.15, 0.2) is 0 Å². The lowest BCUT2D eigenvalue weighted by Gasteiger charge is -2.16. The van der Waals surface area contributed by atoms with Crippen LogP contribution in [0, 0.1) is 6.92 Å². The molecule has 0 bridgehead atoms. The fraction of sp³-hybridized carbons (Fsp3) is 0.500. The van der Waals surface area contributed by atoms with Gasteiger partial charge in [-0.2, -0.15) is 0 Å². The van der Waals surface area contributed by atoms with Crippen molar-refractivity contribution >= 4 is 0 Å². The van der Waals surface area contributed by atoms with Gasteiger partial charge in [-0.15, -0.1) is 0 Å². The lowest BCUT2D eigenvalue weighted by Crippen LogP contribution is -2.12. The average molecular weight is 213 g/mol. The molecule has 0 aliphatic rings. The zero-order chi connectivity index (χ0) is 11.5. The molecule has 0 aliphatic carbocycles. The van der Waals surface area contributed by atoms with Gasteiger partial charge in [0.1, 0.15) is 0 Å². The Labute approximate surface area is 89.3 Å². The Morgan fingerprint density at radius 3 is 2.53 bits per heavy atom. The highest BCUT2D eigenvalue weighted by molar-refractivity contribution is 5.34. The van der Waals surface area contributed by atoms with Crippen molar-refractivity contribution in [1.82, 2.24) is 0 Å². The molecule has 1 rings (SSSR count). The fourth-order valence-corrected chi connectivity index (χ4v) is 1.65. The van der Waals surface area contributed by atoms with Crippen LogP contribution in [-0.4, -0.2) is 6.54 Å². The molecular weight excluding hydrogens is 196 g/mol. The predicted octanol–water partition coefficient (Wildman–Crippen LogP) is 3.00. The molecule has 84 valence electrons. The van der Waals surface area contributed by atoms with Crippen LogP contribution in [0.1, 0.15) is 30.0 Å². The summed E-state index contributed by atoms with van der Waals surface area (Å²) in [5.41, 5.74) is 7.24. The van der Waals surface area contributed by atoms with Crippen molar-refractivity contribution in [3.8, 4) is 0 Å². The molecule has 0 saturated heterocycles. The molecule has 3 heteroatoms. The minimum absolute atomic E-state index is 0.126. The number of hydrogen-bond acceptors (Lipinski definition) is 1. The second-order valence-corrected chi connectivity index (χ2v) is 3.94. The van der Waals surface area contributed by atoms with Gasteiger partial charge in [0.2, 0.25) is 0 Å². The summed E-state index contributed by atoms with van der Waals surface area (Å²) >= 11 is 0. The van der Waals surface area contributed by atoms with Gasteiger partial charge in [-0.3, -0.25) is 0 Å². The van der Waals surface area contributed by atoms with Crippen LogP contribution in [0.15, 0.2) is 18.2 Å². The van der Waals surface area contributed by atoms with E-state index in [0.717, 1.165) is 18.9 Å². The lowest BCUT2D eigenvalue weighted by molar-refractivity contribution is 0.0165. The standard InChI is InChI=1S/C12H17F2N/c1-9-5-6-11(12(2,13)14)10(8-9)4-3-7-15/h5-6,8H,3-4,7,15H2,1-2H3. The number of benzene rings is 1. The van der Waals surface area contributed by atoms with Crippen molar-refractivity contribution in [3.05, 3.63) is 34.9 Å². The molecule has 1 aromatic carbocycles. The normalized spacial score (nSPS) is 11.8. The van der Waals surface area contributed by atoms with Crippen molar-refractivity contribution < 1.29 is 8.78 Å². The van der Waals surface area contributed by atoms with Gasteiger partial charge in [0.25, 0.3) is 5.92 Å². The maximum atomic E-state index is 13.2. The van der Waals surface area contributed by atoms with E-state index in [0.29, 0.717) is 18.5 Å². The zero-order valence-corrected chi connectivity index (χ0v) is 9.19. The van der Waals surface area contributed by atoms with Gasteiger partial charge >= 0.3 is 0 Å². The van der Waals surface area contributed by atoms with E-state index in [-0.39, 0.29) is 5.56 Å². The Balaban J connectivity index is 3.03. The maximum absolute atomic E-state index is 13.2. The number of alkyl halides is 2. The largest absolute Gasteiger partial charge is 0.330 e. The highest BCUT2D eigenvalue weighted by atomic mass is 19.3. The van der Waals surface area contributed by atoms with E-state index in [1.165, 1.54) is 6.07 Å². The summed E-state index contributed by atoms with van der Waals surface area (Å²) in [5.74, 6) is -2.77. The minimum Gasteiger partial charge on any atom is -0.330 e. The third-order valence-corrected chi connectivity index (χ3v) is 2.38. The molecule has 0 heterocycles. The molecule has 0 aromatic heterocycles. The second-order valence-electron chi connectivity index (χ2n) is 3.94. The molecule has 0 fully saturated rings. The van der Waals surface area contributed by atoms with E-state index < -0.39 is 5.92 Å². The van der Waals surface area contributed by atoms with E-state index in [2.05, 4.69) is 0 Å². The summed E-state index contributed by atoms with van der Waals surface area (Å²) in [7, 11) is 0. The van der Waals surface area contributed by atoms with E-state index in [4.69, 9.17) is 5.73 Å². The van der Waals surface area contributed by atoms with Crippen molar-refractivity contribution in [1.29, 1.82) is 0 Å². The van der Waals surface area contributed by atoms with Crippen molar-refractivity contribution in [3.63, 3.8) is 0 Å². The van der Waals surface area contributed by atoms with E-state index in [9.17, 15) is 8.78 Å². The average Bonchev–Trinajstić information content (AvgIpc) is 2.12. The van der Waals surface area contributed by atoms with Gasteiger partial charge in [-0.25, -0.2) is 8.78 Å². The van der Waals surface area contributed by atoms with E-state index in [1.54, 1.807) is 6.07 Å². The van der Waals surface area contributed by atoms with Gasteiger partial charge in [0, 0.05) is 12.5 Å². The smallest absolute Gasteiger partial charge is 0.270 e. The number of aryl methyl sites for hydroxylation is 2. The van der Waals surface area contributed by atoms with Gasteiger partial charge in [-0.05, 0) is 31.9 Å². The summed E-state index contributed by atoms with van der Waals surface area (Å²) in [6, 6.07) is 5.06. The van der Waals surface area contributed by atoms with Crippen LogP contribution in [0.3, 0.4) is 0 Å². The molecule has 1 nitrogen and oxygen atoms in total. The Hall–Kier alpha value is -0.960. The Bertz CT molecular complexity index is 329. The highest BCUT2D eigenvalue weighted by Gasteiger charge is 2.26. The summed E-state index contributed by atoms with van der Waals surface area (Å²) in [5, 5.41) is 0. The SMILES string of the molecule is Cc1ccc(C(C)(F)F)c(CCCN)c1. The Morgan fingerprint density at radius 1 is 1.33 bits per heavy atom. The van der Waals surface area contributed by atoms with Crippen LogP contribution in [-0.2, 0) is 12.3 Å². The molecule has 1 aromatic rings. The van der Waals surface area contributed by atoms with Crippen LogP contribution < -0.4 is 5.73 Å². The van der Waals surface area contributed by atoms with Crippen LogP contribution in [0.4, 0.5) is 8.78 Å². The van der Waals surface area contributed by atoms with Crippen LogP contribution in [0.25, 0.3) is 0 Å². The molecule has 0 amide bonds. The molecule has 0 aliphatic heterocycles. The van der Waals surface area contributed by atoms with Crippen LogP contribution in [0.2, 0.25) is 0 Å². The summed E-state index contributed by atoms with van der Waals surface area (Å²) in [4.78, 5) is 0. The van der Waals surface area contributed by atoms with Gasteiger partial charge in [-0.1, -0.05) is 23.8 Å². The quantitative estimate of drug-likeness (QED) is 0.817. The third-order valence-electron chi connectivity index (χ3n) is 2.38. The molecule has 0 radical (unpaired) electrons. The van der Waals surface area contributed by atoms with Gasteiger partial charge in [0.05, 0.1) is 0 Å². The van der Waals surface area contributed by atoms with Gasteiger partial charge < -0.3 is 5.73 Å². The monoisotopic (exact) mass is 213 g/mol. The summed E-state index contributed by atoms with van der Waals surface area (Å²) < 4.78 is 26.5. The number of rotatable bonds is 4. The van der Waals surface area contributed by atoms with Crippen LogP contribution >= 0.6 is 0 Å². The topological polar surface area (TPSA) is 26.0 Å². The molecule has 15 heavy (non-hydrogen) atoms. The zero-order valence-electron chi connectivity index (χ0n) is 9.19. The Kier molecular flexibility index (Phi) is 3.80. The van der Waals surface area contributed by atoms with E-state index >= 15 is 0 Å². The molecule has 0 spiro atoms. The fourth-order valence-electron chi connectivity index (χ4n) is 1.65. The molecule has 0 saturated carbocycles. The van der Waals surface area contributed by atoms with Crippen molar-refractivity contribution in [2.75, 3.05) is 6.54 Å². The highest BCUT2D eigenvalue weighted by Crippen LogP contribution is 2.30. The third kappa shape index (κ3) is 3.27. The molecule has 0 atom stereocenters. The maximum Gasteiger partial charge on any atom is 0.270 e. The number of halogens is 2. The predicted molar refractivity (Wildman–Crippen MR) is 58.1 cm³/mol. The number of hydrogen-bond donors (Lipinski definition) is 1. The first kappa shape index (κ1) is 12.1. The molecular formula is C12H17F2N. The first-order valence-corrected chi connectivity index (χ1v) is 5.13. The van der Waals surface area contributed by atoms with E-state index in [1.807, 2.05) is 13.0 Å². The lowest BCUT2D eigenvalue weighted by atomic mass is 9.97. The second kappa shape index (κ2) is 4.71. The first-order chi connectivity index (χ1) is 6.95. The summed E-state index contributed by atoms with van der Waals surface area (Å²) in [6.45, 7) is 3.37. The molecule has 0 unspecified atom stereocenters. The summed E-state index contributed by atoms with van der Waals surface area (Å²) in [6.07, 6.45) is 1.36. The number of nitrogens with two attached hydrogens (primary N) is 1. The Morgan fingerprint density at radius 2 is 2.00 bits per heavy atom.